The molecule has 0 aromatic heterocycles. The third-order valence-corrected chi connectivity index (χ3v) is 2.74. The topological polar surface area (TPSA) is 38.3 Å². The van der Waals surface area contributed by atoms with E-state index in [1.165, 1.54) is 12.1 Å². The third kappa shape index (κ3) is 5.68. The number of unbranched alkanes of at least 4 members (excludes halogenated alkanes) is 1. The van der Waals surface area contributed by atoms with E-state index in [0.29, 0.717) is 6.42 Å². The van der Waals surface area contributed by atoms with Crippen molar-refractivity contribution in [2.45, 2.75) is 45.8 Å². The van der Waals surface area contributed by atoms with Crippen LogP contribution in [0.2, 0.25) is 0 Å². The van der Waals surface area contributed by atoms with Crippen molar-refractivity contribution in [1.82, 2.24) is 5.32 Å². The Kier molecular flexibility index (Phi) is 6.25. The molecule has 0 aliphatic rings. The molecule has 0 aliphatic heterocycles. The van der Waals surface area contributed by atoms with Crippen LogP contribution in [0, 0.1) is 0 Å². The van der Waals surface area contributed by atoms with Crippen LogP contribution in [0.3, 0.4) is 0 Å². The molecule has 1 aromatic carbocycles. The van der Waals surface area contributed by atoms with Crippen molar-refractivity contribution in [2.24, 2.45) is 0 Å². The second-order valence-electron chi connectivity index (χ2n) is 4.34. The van der Waals surface area contributed by atoms with Gasteiger partial charge < -0.3 is 10.1 Å². The van der Waals surface area contributed by atoms with Gasteiger partial charge in [0, 0.05) is 6.42 Å². The first-order valence-electron chi connectivity index (χ1n) is 6.37. The maximum absolute atomic E-state index is 12.0. The average molecular weight is 271 g/mol. The normalized spacial score (nSPS) is 12.3. The number of amides is 1. The van der Waals surface area contributed by atoms with Crippen LogP contribution in [0.25, 0.3) is 0 Å². The molecular weight excluding hydrogens is 252 g/mol. The minimum absolute atomic E-state index is 0.00209. The zero-order valence-electron chi connectivity index (χ0n) is 11.2. The highest BCUT2D eigenvalue weighted by atomic mass is 19.3. The number of benzene rings is 1. The molecule has 0 aliphatic carbocycles. The molecule has 0 spiro atoms. The quantitative estimate of drug-likeness (QED) is 0.822. The van der Waals surface area contributed by atoms with E-state index in [4.69, 9.17) is 0 Å². The van der Waals surface area contributed by atoms with Crippen LogP contribution in [-0.2, 0) is 4.79 Å². The number of rotatable bonds is 7. The fraction of sp³-hybridized carbons (Fsp3) is 0.500. The second kappa shape index (κ2) is 7.71. The summed E-state index contributed by atoms with van der Waals surface area (Å²) in [5, 5.41) is 2.86. The summed E-state index contributed by atoms with van der Waals surface area (Å²) in [5.41, 5.74) is 0.853. The number of nitrogens with one attached hydrogen (secondary N) is 1. The molecule has 19 heavy (non-hydrogen) atoms. The first-order chi connectivity index (χ1) is 9.02. The Hall–Kier alpha value is -1.65. The summed E-state index contributed by atoms with van der Waals surface area (Å²) in [6.45, 7) is 1.06. The zero-order chi connectivity index (χ0) is 14.3. The van der Waals surface area contributed by atoms with Gasteiger partial charge in [-0.1, -0.05) is 25.5 Å². The van der Waals surface area contributed by atoms with E-state index in [0.717, 1.165) is 18.4 Å². The van der Waals surface area contributed by atoms with E-state index in [2.05, 4.69) is 10.1 Å². The van der Waals surface area contributed by atoms with Gasteiger partial charge in [0.15, 0.2) is 0 Å². The summed E-state index contributed by atoms with van der Waals surface area (Å²) in [4.78, 5) is 11.6. The first-order valence-corrected chi connectivity index (χ1v) is 6.37. The standard InChI is InChI=1S/C14H19F2NO2/c1-3-4-5-13(18)17-10(2)11-6-8-12(9-7-11)19-14(15)16/h6-10,14H,3-5H2,1-2H3,(H,17,18). The number of hydrogen-bond acceptors (Lipinski definition) is 2. The summed E-state index contributed by atoms with van der Waals surface area (Å²) in [7, 11) is 0. The highest BCUT2D eigenvalue weighted by molar-refractivity contribution is 5.76. The number of carbonyl (C=O) groups excluding carboxylic acids is 1. The van der Waals surface area contributed by atoms with Crippen molar-refractivity contribution >= 4 is 5.91 Å². The van der Waals surface area contributed by atoms with Gasteiger partial charge in [-0.2, -0.15) is 8.78 Å². The Balaban J connectivity index is 2.52. The molecule has 1 N–H and O–H groups in total. The third-order valence-electron chi connectivity index (χ3n) is 2.74. The number of carbonyl (C=O) groups is 1. The predicted octanol–water partition coefficient (Wildman–Crippen LogP) is 3.66. The lowest BCUT2D eigenvalue weighted by molar-refractivity contribution is -0.121. The Morgan fingerprint density at radius 2 is 1.95 bits per heavy atom. The molecule has 1 amide bonds. The largest absolute Gasteiger partial charge is 0.435 e. The van der Waals surface area contributed by atoms with Gasteiger partial charge in [0.2, 0.25) is 5.91 Å². The summed E-state index contributed by atoms with van der Waals surface area (Å²) >= 11 is 0. The number of halogens is 2. The molecule has 1 aromatic rings. The van der Waals surface area contributed by atoms with Crippen LogP contribution in [0.4, 0.5) is 8.78 Å². The first kappa shape index (κ1) is 15.4. The molecule has 5 heteroatoms. The lowest BCUT2D eigenvalue weighted by atomic mass is 10.1. The van der Waals surface area contributed by atoms with Gasteiger partial charge in [0.05, 0.1) is 6.04 Å². The van der Waals surface area contributed by atoms with Crippen molar-refractivity contribution in [3.8, 4) is 5.75 Å². The van der Waals surface area contributed by atoms with Crippen molar-refractivity contribution in [3.05, 3.63) is 29.8 Å². The van der Waals surface area contributed by atoms with Crippen LogP contribution in [0.15, 0.2) is 24.3 Å². The zero-order valence-corrected chi connectivity index (χ0v) is 11.2. The van der Waals surface area contributed by atoms with Gasteiger partial charge in [-0.25, -0.2) is 0 Å². The van der Waals surface area contributed by atoms with E-state index in [1.54, 1.807) is 12.1 Å². The van der Waals surface area contributed by atoms with Crippen LogP contribution < -0.4 is 10.1 Å². The Labute approximate surface area is 112 Å². The molecule has 1 rings (SSSR count). The maximum Gasteiger partial charge on any atom is 0.387 e. The Bertz CT molecular complexity index is 393. The van der Waals surface area contributed by atoms with Crippen molar-refractivity contribution in [2.75, 3.05) is 0 Å². The fourth-order valence-electron chi connectivity index (χ4n) is 1.67. The monoisotopic (exact) mass is 271 g/mol. The second-order valence-corrected chi connectivity index (χ2v) is 4.34. The maximum atomic E-state index is 12.0. The van der Waals surface area contributed by atoms with Gasteiger partial charge in [-0.05, 0) is 31.0 Å². The van der Waals surface area contributed by atoms with E-state index < -0.39 is 6.61 Å². The predicted molar refractivity (Wildman–Crippen MR) is 69.2 cm³/mol. The van der Waals surface area contributed by atoms with Gasteiger partial charge in [-0.3, -0.25) is 4.79 Å². The van der Waals surface area contributed by atoms with E-state index in [9.17, 15) is 13.6 Å². The van der Waals surface area contributed by atoms with E-state index in [1.807, 2.05) is 13.8 Å². The van der Waals surface area contributed by atoms with Crippen molar-refractivity contribution in [1.29, 1.82) is 0 Å². The molecule has 1 unspecified atom stereocenters. The molecule has 0 heterocycles. The molecule has 0 saturated heterocycles. The average Bonchev–Trinajstić information content (AvgIpc) is 2.36. The van der Waals surface area contributed by atoms with E-state index in [-0.39, 0.29) is 17.7 Å². The smallest absolute Gasteiger partial charge is 0.387 e. The van der Waals surface area contributed by atoms with Crippen LogP contribution in [0.1, 0.15) is 44.7 Å². The number of ether oxygens (including phenoxy) is 1. The molecule has 106 valence electrons. The molecule has 1 atom stereocenters. The minimum Gasteiger partial charge on any atom is -0.435 e. The lowest BCUT2D eigenvalue weighted by Crippen LogP contribution is -2.26. The molecule has 0 saturated carbocycles. The van der Waals surface area contributed by atoms with Gasteiger partial charge in [0.1, 0.15) is 5.75 Å². The van der Waals surface area contributed by atoms with Crippen LogP contribution >= 0.6 is 0 Å². The van der Waals surface area contributed by atoms with Crippen molar-refractivity contribution in [3.63, 3.8) is 0 Å². The fourth-order valence-corrected chi connectivity index (χ4v) is 1.67. The highest BCUT2D eigenvalue weighted by Crippen LogP contribution is 2.19. The van der Waals surface area contributed by atoms with E-state index >= 15 is 0 Å². The summed E-state index contributed by atoms with van der Waals surface area (Å²) < 4.78 is 28.2. The molecule has 0 radical (unpaired) electrons. The molecule has 3 nitrogen and oxygen atoms in total. The van der Waals surface area contributed by atoms with Crippen LogP contribution in [0.5, 0.6) is 5.75 Å². The Morgan fingerprint density at radius 1 is 1.32 bits per heavy atom. The van der Waals surface area contributed by atoms with Crippen molar-refractivity contribution < 1.29 is 18.3 Å². The van der Waals surface area contributed by atoms with Gasteiger partial charge in [-0.15, -0.1) is 0 Å². The van der Waals surface area contributed by atoms with Gasteiger partial charge in [0.25, 0.3) is 0 Å². The summed E-state index contributed by atoms with van der Waals surface area (Å²) in [6.07, 6.45) is 2.34. The number of hydrogen-bond donors (Lipinski definition) is 1. The molecule has 0 bridgehead atoms. The Morgan fingerprint density at radius 3 is 2.47 bits per heavy atom. The lowest BCUT2D eigenvalue weighted by Gasteiger charge is -2.15. The SMILES string of the molecule is CCCCC(=O)NC(C)c1ccc(OC(F)F)cc1. The molecular formula is C14H19F2NO2. The minimum atomic E-state index is -2.82. The van der Waals surface area contributed by atoms with Crippen LogP contribution in [-0.4, -0.2) is 12.5 Å². The molecule has 0 fully saturated rings. The highest BCUT2D eigenvalue weighted by Gasteiger charge is 2.10. The van der Waals surface area contributed by atoms with Gasteiger partial charge >= 0.3 is 6.61 Å². The summed E-state index contributed by atoms with van der Waals surface area (Å²) in [5.74, 6) is 0.116. The summed E-state index contributed by atoms with van der Waals surface area (Å²) in [6, 6.07) is 6.13. The number of alkyl halides is 2.